The SMILES string of the molecule is O=C(Cc1cccc(F)c1)N1C[C@H]2C[C@H]1C[C@@H]2Oc1cccnc1. The zero-order valence-corrected chi connectivity index (χ0v) is 13.3. The van der Waals surface area contributed by atoms with Crippen molar-refractivity contribution in [2.45, 2.75) is 31.4 Å². The first kappa shape index (κ1) is 15.1. The molecule has 5 heteroatoms. The number of carbonyl (C=O) groups is 1. The zero-order chi connectivity index (χ0) is 16.5. The van der Waals surface area contributed by atoms with Crippen LogP contribution in [-0.4, -0.2) is 34.5 Å². The number of amides is 1. The molecule has 2 bridgehead atoms. The van der Waals surface area contributed by atoms with Gasteiger partial charge in [0.05, 0.1) is 12.6 Å². The van der Waals surface area contributed by atoms with Gasteiger partial charge in [0.15, 0.2) is 0 Å². The van der Waals surface area contributed by atoms with E-state index in [1.54, 1.807) is 24.5 Å². The van der Waals surface area contributed by atoms with Crippen molar-refractivity contribution in [3.63, 3.8) is 0 Å². The number of hydrogen-bond donors (Lipinski definition) is 0. The summed E-state index contributed by atoms with van der Waals surface area (Å²) in [6.45, 7) is 0.726. The molecule has 124 valence electrons. The van der Waals surface area contributed by atoms with Crippen molar-refractivity contribution in [3.05, 3.63) is 60.2 Å². The number of fused-ring (bicyclic) bond motifs is 2. The number of halogens is 1. The average molecular weight is 326 g/mol. The predicted molar refractivity (Wildman–Crippen MR) is 87.0 cm³/mol. The smallest absolute Gasteiger partial charge is 0.227 e. The summed E-state index contributed by atoms with van der Waals surface area (Å²) >= 11 is 0. The molecule has 4 rings (SSSR count). The molecule has 1 aromatic carbocycles. The Balaban J connectivity index is 1.36. The molecule has 1 saturated carbocycles. The van der Waals surface area contributed by atoms with Gasteiger partial charge in [-0.15, -0.1) is 0 Å². The highest BCUT2D eigenvalue weighted by molar-refractivity contribution is 5.79. The van der Waals surface area contributed by atoms with E-state index in [4.69, 9.17) is 4.74 Å². The van der Waals surface area contributed by atoms with Gasteiger partial charge in [0.25, 0.3) is 0 Å². The van der Waals surface area contributed by atoms with Crippen LogP contribution < -0.4 is 4.74 Å². The molecule has 1 aliphatic carbocycles. The first-order valence-corrected chi connectivity index (χ1v) is 8.29. The lowest BCUT2D eigenvalue weighted by atomic mass is 10.0. The summed E-state index contributed by atoms with van der Waals surface area (Å²) in [6, 6.07) is 10.3. The molecule has 0 spiro atoms. The summed E-state index contributed by atoms with van der Waals surface area (Å²) in [5, 5.41) is 0. The molecule has 3 atom stereocenters. The van der Waals surface area contributed by atoms with Gasteiger partial charge in [0.1, 0.15) is 17.7 Å². The second kappa shape index (κ2) is 6.23. The molecule has 0 unspecified atom stereocenters. The molecule has 0 N–H and O–H groups in total. The first-order valence-electron chi connectivity index (χ1n) is 8.29. The first-order chi connectivity index (χ1) is 11.7. The normalized spacial score (nSPS) is 25.0. The van der Waals surface area contributed by atoms with E-state index in [1.807, 2.05) is 17.0 Å². The number of ether oxygens (including phenoxy) is 1. The Morgan fingerprint density at radius 2 is 2.21 bits per heavy atom. The van der Waals surface area contributed by atoms with Crippen LogP contribution in [0.4, 0.5) is 4.39 Å². The Kier molecular flexibility index (Phi) is 3.92. The molecule has 4 nitrogen and oxygen atoms in total. The number of piperidine rings is 1. The van der Waals surface area contributed by atoms with Crippen LogP contribution >= 0.6 is 0 Å². The van der Waals surface area contributed by atoms with Gasteiger partial charge >= 0.3 is 0 Å². The maximum atomic E-state index is 13.3. The van der Waals surface area contributed by atoms with Crippen LogP contribution in [0.15, 0.2) is 48.8 Å². The third-order valence-corrected chi connectivity index (χ3v) is 4.96. The summed E-state index contributed by atoms with van der Waals surface area (Å²) in [6.07, 6.45) is 5.69. The number of nitrogens with zero attached hydrogens (tertiary/aromatic N) is 2. The second-order valence-corrected chi connectivity index (χ2v) is 6.58. The van der Waals surface area contributed by atoms with Gasteiger partial charge < -0.3 is 9.64 Å². The van der Waals surface area contributed by atoms with E-state index in [9.17, 15) is 9.18 Å². The highest BCUT2D eigenvalue weighted by Crippen LogP contribution is 2.40. The van der Waals surface area contributed by atoms with Gasteiger partial charge in [-0.1, -0.05) is 12.1 Å². The Morgan fingerprint density at radius 1 is 1.29 bits per heavy atom. The van der Waals surface area contributed by atoms with Gasteiger partial charge in [-0.2, -0.15) is 0 Å². The van der Waals surface area contributed by atoms with E-state index in [0.717, 1.165) is 30.7 Å². The maximum Gasteiger partial charge on any atom is 0.227 e. The molecule has 1 aliphatic heterocycles. The topological polar surface area (TPSA) is 42.4 Å². The lowest BCUT2D eigenvalue weighted by molar-refractivity contribution is -0.132. The van der Waals surface area contributed by atoms with E-state index < -0.39 is 0 Å². The number of benzene rings is 1. The molecular weight excluding hydrogens is 307 g/mol. The third kappa shape index (κ3) is 2.98. The Labute approximate surface area is 140 Å². The second-order valence-electron chi connectivity index (χ2n) is 6.58. The van der Waals surface area contributed by atoms with E-state index in [2.05, 4.69) is 4.98 Å². The molecule has 2 aliphatic rings. The number of likely N-dealkylation sites (tertiary alicyclic amines) is 1. The van der Waals surface area contributed by atoms with Crippen LogP contribution in [0.1, 0.15) is 18.4 Å². The Hall–Kier alpha value is -2.43. The summed E-state index contributed by atoms with van der Waals surface area (Å²) in [5.74, 6) is 0.931. The van der Waals surface area contributed by atoms with Gasteiger partial charge in [0.2, 0.25) is 5.91 Å². The van der Waals surface area contributed by atoms with Crippen LogP contribution in [0, 0.1) is 11.7 Å². The molecule has 2 heterocycles. The van der Waals surface area contributed by atoms with Crippen molar-refractivity contribution in [1.82, 2.24) is 9.88 Å². The van der Waals surface area contributed by atoms with Gasteiger partial charge in [-0.25, -0.2) is 4.39 Å². The molecule has 2 aromatic rings. The highest BCUT2D eigenvalue weighted by Gasteiger charge is 2.47. The maximum absolute atomic E-state index is 13.3. The summed E-state index contributed by atoms with van der Waals surface area (Å²) < 4.78 is 19.3. The standard InChI is InChI=1S/C19H19FN2O2/c20-15-4-1-3-13(7-15)8-19(23)22-12-14-9-16(22)10-18(14)24-17-5-2-6-21-11-17/h1-7,11,14,16,18H,8-10,12H2/t14-,16+,18+/m1/s1. The van der Waals surface area contributed by atoms with Crippen LogP contribution in [0.3, 0.4) is 0 Å². The van der Waals surface area contributed by atoms with E-state index in [-0.39, 0.29) is 30.3 Å². The fourth-order valence-electron chi connectivity index (χ4n) is 3.87. The summed E-state index contributed by atoms with van der Waals surface area (Å²) in [7, 11) is 0. The molecule has 2 fully saturated rings. The predicted octanol–water partition coefficient (Wildman–Crippen LogP) is 2.83. The monoisotopic (exact) mass is 326 g/mol. The van der Waals surface area contributed by atoms with Crippen molar-refractivity contribution in [3.8, 4) is 5.75 Å². The molecule has 24 heavy (non-hydrogen) atoms. The average Bonchev–Trinajstić information content (AvgIpc) is 3.16. The number of pyridine rings is 1. The van der Waals surface area contributed by atoms with E-state index >= 15 is 0 Å². The zero-order valence-electron chi connectivity index (χ0n) is 13.3. The van der Waals surface area contributed by atoms with E-state index in [0.29, 0.717) is 5.92 Å². The minimum absolute atomic E-state index is 0.0768. The minimum Gasteiger partial charge on any atom is -0.488 e. The van der Waals surface area contributed by atoms with Gasteiger partial charge in [-0.05, 0) is 36.2 Å². The largest absolute Gasteiger partial charge is 0.488 e. The summed E-state index contributed by atoms with van der Waals surface area (Å²) in [5.41, 5.74) is 0.728. The van der Waals surface area contributed by atoms with Crippen molar-refractivity contribution in [1.29, 1.82) is 0 Å². The fourth-order valence-corrected chi connectivity index (χ4v) is 3.87. The van der Waals surface area contributed by atoms with Crippen molar-refractivity contribution >= 4 is 5.91 Å². The van der Waals surface area contributed by atoms with Crippen LogP contribution in [0.25, 0.3) is 0 Å². The van der Waals surface area contributed by atoms with Crippen LogP contribution in [0.5, 0.6) is 5.75 Å². The number of carbonyl (C=O) groups excluding carboxylic acids is 1. The Morgan fingerprint density at radius 3 is 2.92 bits per heavy atom. The third-order valence-electron chi connectivity index (χ3n) is 4.96. The molecule has 1 amide bonds. The van der Waals surface area contributed by atoms with Crippen LogP contribution in [0.2, 0.25) is 0 Å². The molecule has 0 radical (unpaired) electrons. The number of aromatic nitrogens is 1. The van der Waals surface area contributed by atoms with Crippen LogP contribution in [-0.2, 0) is 11.2 Å². The fraction of sp³-hybridized carbons (Fsp3) is 0.368. The number of hydrogen-bond acceptors (Lipinski definition) is 3. The van der Waals surface area contributed by atoms with Crippen molar-refractivity contribution < 1.29 is 13.9 Å². The lowest BCUT2D eigenvalue weighted by Gasteiger charge is -2.31. The van der Waals surface area contributed by atoms with Crippen molar-refractivity contribution in [2.75, 3.05) is 6.54 Å². The molecule has 1 aromatic heterocycles. The molecule has 1 saturated heterocycles. The minimum atomic E-state index is -0.298. The summed E-state index contributed by atoms with van der Waals surface area (Å²) in [4.78, 5) is 18.5. The quantitative estimate of drug-likeness (QED) is 0.868. The lowest BCUT2D eigenvalue weighted by Crippen LogP contribution is -2.43. The van der Waals surface area contributed by atoms with Gasteiger partial charge in [0, 0.05) is 31.1 Å². The highest BCUT2D eigenvalue weighted by atomic mass is 19.1. The van der Waals surface area contributed by atoms with E-state index in [1.165, 1.54) is 12.1 Å². The van der Waals surface area contributed by atoms with Crippen molar-refractivity contribution in [2.24, 2.45) is 5.92 Å². The van der Waals surface area contributed by atoms with Gasteiger partial charge in [-0.3, -0.25) is 9.78 Å². The number of rotatable bonds is 4. The molecular formula is C19H19FN2O2. The Bertz CT molecular complexity index is 737.